The summed E-state index contributed by atoms with van der Waals surface area (Å²) in [5, 5.41) is 5.04. The molecule has 1 aromatic heterocycles. The molecule has 0 unspecified atom stereocenters. The summed E-state index contributed by atoms with van der Waals surface area (Å²) in [4.78, 5) is 4.63. The van der Waals surface area contributed by atoms with Crippen LogP contribution < -0.4 is 0 Å². The minimum atomic E-state index is 0. The maximum atomic E-state index is 4.63. The Morgan fingerprint density at radius 3 is 2.03 bits per heavy atom. The maximum Gasteiger partial charge on any atom is 0.0163 e. The van der Waals surface area contributed by atoms with Gasteiger partial charge in [0.1, 0.15) is 0 Å². The van der Waals surface area contributed by atoms with Gasteiger partial charge in [0.2, 0.25) is 0 Å². The fraction of sp³-hybridized carbons (Fsp3) is 0.296. The topological polar surface area (TPSA) is 12.9 Å². The number of nitrogens with zero attached hydrogens (tertiary/aromatic N) is 1. The third kappa shape index (κ3) is 4.29. The Balaban J connectivity index is 0.00000240. The van der Waals surface area contributed by atoms with Gasteiger partial charge in [-0.15, -0.1) is 23.8 Å². The van der Waals surface area contributed by atoms with Crippen molar-refractivity contribution in [2.75, 3.05) is 0 Å². The van der Waals surface area contributed by atoms with E-state index in [9.17, 15) is 0 Å². The molecule has 1 heterocycles. The molecule has 1 nitrogen and oxygen atoms in total. The second-order valence-electron chi connectivity index (χ2n) is 9.78. The summed E-state index contributed by atoms with van der Waals surface area (Å²) in [5.74, 6) is 0. The molecule has 0 spiro atoms. The molecule has 0 fully saturated rings. The van der Waals surface area contributed by atoms with Crippen LogP contribution in [0.1, 0.15) is 52.7 Å². The number of fused-ring (bicyclic) bond motifs is 3. The Kier molecular flexibility index (Phi) is 5.73. The third-order valence-electron chi connectivity index (χ3n) is 5.53. The second-order valence-corrected chi connectivity index (χ2v) is 9.78. The summed E-state index contributed by atoms with van der Waals surface area (Å²) < 4.78 is 0. The van der Waals surface area contributed by atoms with Crippen LogP contribution in [-0.2, 0) is 30.9 Å². The SMILES string of the molecule is CC(C)(C)c1ccnc(-c2[c-]cc3ccc4cc(C(C)(C)C)ccc4c3c2)c1.[Ir]. The van der Waals surface area contributed by atoms with E-state index in [2.05, 4.69) is 107 Å². The number of aromatic nitrogens is 1. The molecule has 0 amide bonds. The van der Waals surface area contributed by atoms with Crippen molar-refractivity contribution >= 4 is 21.5 Å². The molecule has 0 aliphatic heterocycles. The molecule has 0 aliphatic rings. The maximum absolute atomic E-state index is 4.63. The zero-order valence-electron chi connectivity index (χ0n) is 18.1. The molecule has 4 rings (SSSR count). The fourth-order valence-electron chi connectivity index (χ4n) is 3.66. The first-order chi connectivity index (χ1) is 13.1. The largest absolute Gasteiger partial charge is 0.305 e. The van der Waals surface area contributed by atoms with Gasteiger partial charge in [-0.1, -0.05) is 88.7 Å². The summed E-state index contributed by atoms with van der Waals surface area (Å²) in [6.07, 6.45) is 1.91. The number of rotatable bonds is 1. The molecular weight excluding hydrogens is 531 g/mol. The van der Waals surface area contributed by atoms with Crippen molar-refractivity contribution in [1.82, 2.24) is 4.98 Å². The number of hydrogen-bond acceptors (Lipinski definition) is 1. The van der Waals surface area contributed by atoms with Crippen molar-refractivity contribution in [2.24, 2.45) is 0 Å². The first-order valence-electron chi connectivity index (χ1n) is 9.98. The van der Waals surface area contributed by atoms with Crippen LogP contribution in [0, 0.1) is 6.07 Å². The molecule has 0 saturated carbocycles. The van der Waals surface area contributed by atoms with Gasteiger partial charge in [-0.05, 0) is 44.5 Å². The molecule has 151 valence electrons. The van der Waals surface area contributed by atoms with Crippen LogP contribution in [0.5, 0.6) is 0 Å². The number of pyridine rings is 1. The Labute approximate surface area is 187 Å². The van der Waals surface area contributed by atoms with Gasteiger partial charge in [-0.3, -0.25) is 0 Å². The van der Waals surface area contributed by atoms with E-state index in [1.807, 2.05) is 6.20 Å². The van der Waals surface area contributed by atoms with Crippen LogP contribution in [0.2, 0.25) is 0 Å². The summed E-state index contributed by atoms with van der Waals surface area (Å²) in [6, 6.07) is 23.3. The first-order valence-corrected chi connectivity index (χ1v) is 9.98. The summed E-state index contributed by atoms with van der Waals surface area (Å²) in [6.45, 7) is 13.5. The molecule has 0 N–H and O–H groups in total. The van der Waals surface area contributed by atoms with Crippen LogP contribution in [0.15, 0.2) is 60.8 Å². The molecule has 4 aromatic rings. The van der Waals surface area contributed by atoms with Crippen molar-refractivity contribution in [3.63, 3.8) is 0 Å². The summed E-state index contributed by atoms with van der Waals surface area (Å²) in [5.41, 5.74) is 4.93. The van der Waals surface area contributed by atoms with E-state index in [1.165, 1.54) is 32.7 Å². The van der Waals surface area contributed by atoms with Gasteiger partial charge in [0.05, 0.1) is 0 Å². The molecule has 0 saturated heterocycles. The van der Waals surface area contributed by atoms with Crippen LogP contribution in [0.3, 0.4) is 0 Å². The third-order valence-corrected chi connectivity index (χ3v) is 5.53. The Hall–Kier alpha value is -2.02. The first kappa shape index (κ1) is 21.7. The molecule has 1 radical (unpaired) electrons. The van der Waals surface area contributed by atoms with Crippen molar-refractivity contribution in [2.45, 2.75) is 52.4 Å². The second kappa shape index (κ2) is 7.67. The van der Waals surface area contributed by atoms with Crippen LogP contribution in [0.25, 0.3) is 32.8 Å². The summed E-state index contributed by atoms with van der Waals surface area (Å²) in [7, 11) is 0. The smallest absolute Gasteiger partial charge is 0.0163 e. The van der Waals surface area contributed by atoms with E-state index >= 15 is 0 Å². The van der Waals surface area contributed by atoms with Crippen molar-refractivity contribution in [3.8, 4) is 11.3 Å². The van der Waals surface area contributed by atoms with E-state index in [1.54, 1.807) is 0 Å². The van der Waals surface area contributed by atoms with Gasteiger partial charge < -0.3 is 4.98 Å². The van der Waals surface area contributed by atoms with E-state index in [0.717, 1.165) is 11.3 Å². The van der Waals surface area contributed by atoms with E-state index in [0.29, 0.717) is 0 Å². The molecule has 29 heavy (non-hydrogen) atoms. The molecule has 0 bridgehead atoms. The van der Waals surface area contributed by atoms with Crippen LogP contribution in [-0.4, -0.2) is 4.98 Å². The number of hydrogen-bond donors (Lipinski definition) is 0. The van der Waals surface area contributed by atoms with Crippen molar-refractivity contribution < 1.29 is 20.1 Å². The van der Waals surface area contributed by atoms with Gasteiger partial charge in [-0.25, -0.2) is 0 Å². The predicted molar refractivity (Wildman–Crippen MR) is 121 cm³/mol. The van der Waals surface area contributed by atoms with E-state index in [-0.39, 0.29) is 30.9 Å². The van der Waals surface area contributed by atoms with Gasteiger partial charge in [-0.2, -0.15) is 0 Å². The molecule has 0 atom stereocenters. The van der Waals surface area contributed by atoms with E-state index < -0.39 is 0 Å². The average molecular weight is 559 g/mol. The molecule has 3 aromatic carbocycles. The standard InChI is InChI=1S/C27H28N.Ir/c1-26(2,3)21-11-12-23-19(15-21)9-7-18-8-10-20(16-24(18)23)25-17-22(13-14-28-25)27(4,5)6;/h7-9,11-17H,1-6H3;/q-1;. The minimum Gasteiger partial charge on any atom is -0.305 e. The monoisotopic (exact) mass is 559 g/mol. The van der Waals surface area contributed by atoms with Crippen LogP contribution >= 0.6 is 0 Å². The van der Waals surface area contributed by atoms with Crippen LogP contribution in [0.4, 0.5) is 0 Å². The van der Waals surface area contributed by atoms with Crippen molar-refractivity contribution in [1.29, 1.82) is 0 Å². The quantitative estimate of drug-likeness (QED) is 0.175. The number of benzene rings is 3. The Morgan fingerprint density at radius 2 is 1.34 bits per heavy atom. The van der Waals surface area contributed by atoms with Gasteiger partial charge in [0.25, 0.3) is 0 Å². The molecule has 0 aliphatic carbocycles. The van der Waals surface area contributed by atoms with Gasteiger partial charge in [0.15, 0.2) is 0 Å². The summed E-state index contributed by atoms with van der Waals surface area (Å²) >= 11 is 0. The predicted octanol–water partition coefficient (Wildman–Crippen LogP) is 7.45. The minimum absolute atomic E-state index is 0. The molecule has 2 heteroatoms. The average Bonchev–Trinajstić information content (AvgIpc) is 2.65. The van der Waals surface area contributed by atoms with Gasteiger partial charge in [0, 0.05) is 26.3 Å². The normalized spacial score (nSPS) is 12.2. The zero-order valence-corrected chi connectivity index (χ0v) is 20.4. The fourth-order valence-corrected chi connectivity index (χ4v) is 3.66. The molecular formula is C27H28IrN-. The van der Waals surface area contributed by atoms with E-state index in [4.69, 9.17) is 0 Å². The van der Waals surface area contributed by atoms with Gasteiger partial charge >= 0.3 is 0 Å². The Morgan fingerprint density at radius 1 is 0.690 bits per heavy atom. The Bertz CT molecular complexity index is 1180. The zero-order chi connectivity index (χ0) is 20.1. The van der Waals surface area contributed by atoms with Crippen molar-refractivity contribution in [3.05, 3.63) is 78.0 Å².